The number of nitrogens with zero attached hydrogens (tertiary/aromatic N) is 6. The summed E-state index contributed by atoms with van der Waals surface area (Å²) in [5.74, 6) is 3.11. The number of H-pyrrole nitrogens is 1. The van der Waals surface area contributed by atoms with Crippen LogP contribution in [0.5, 0.6) is 0 Å². The summed E-state index contributed by atoms with van der Waals surface area (Å²) < 4.78 is 2.03. The maximum atomic E-state index is 4.72. The largest absolute Gasteiger partial charge is 0.245 e. The fourth-order valence-corrected chi connectivity index (χ4v) is 3.43. The normalized spacial score (nSPS) is 11.3. The summed E-state index contributed by atoms with van der Waals surface area (Å²) in [7, 11) is 0. The van der Waals surface area contributed by atoms with Gasteiger partial charge in [0.2, 0.25) is 5.82 Å². The first-order valence-electron chi connectivity index (χ1n) is 9.98. The monoisotopic (exact) mass is 387 g/mol. The summed E-state index contributed by atoms with van der Waals surface area (Å²) in [5, 5.41) is 19.2. The third-order valence-electron chi connectivity index (χ3n) is 4.81. The van der Waals surface area contributed by atoms with Crippen molar-refractivity contribution >= 4 is 0 Å². The molecular formula is C22H25N7. The molecular weight excluding hydrogens is 362 g/mol. The van der Waals surface area contributed by atoms with Gasteiger partial charge >= 0.3 is 0 Å². The molecule has 0 fully saturated rings. The van der Waals surface area contributed by atoms with Gasteiger partial charge in [0, 0.05) is 18.4 Å². The zero-order valence-corrected chi connectivity index (χ0v) is 17.0. The third kappa shape index (κ3) is 4.23. The summed E-state index contributed by atoms with van der Waals surface area (Å²) >= 11 is 0. The van der Waals surface area contributed by atoms with Crippen LogP contribution in [-0.2, 0) is 19.4 Å². The average molecular weight is 387 g/mol. The van der Waals surface area contributed by atoms with Crippen LogP contribution in [0.4, 0.5) is 0 Å². The highest BCUT2D eigenvalue weighted by Crippen LogP contribution is 2.29. The van der Waals surface area contributed by atoms with Gasteiger partial charge in [-0.3, -0.25) is 0 Å². The van der Waals surface area contributed by atoms with Gasteiger partial charge < -0.3 is 0 Å². The van der Waals surface area contributed by atoms with Crippen LogP contribution in [0, 0.1) is 5.92 Å². The third-order valence-corrected chi connectivity index (χ3v) is 4.81. The molecule has 0 aliphatic carbocycles. The van der Waals surface area contributed by atoms with E-state index in [1.54, 1.807) is 0 Å². The number of aryl methyl sites for hydroxylation is 1. The number of aromatic nitrogens is 7. The van der Waals surface area contributed by atoms with Gasteiger partial charge in [-0.1, -0.05) is 69.3 Å². The van der Waals surface area contributed by atoms with E-state index in [1.807, 2.05) is 22.9 Å². The first kappa shape index (κ1) is 19.0. The molecule has 148 valence electrons. The smallest absolute Gasteiger partial charge is 0.205 e. The zero-order valence-electron chi connectivity index (χ0n) is 17.0. The van der Waals surface area contributed by atoms with Crippen molar-refractivity contribution in [2.75, 3.05) is 0 Å². The standard InChI is InChI=1S/C22H25N7/c1-4-21-23-20(13-15(2)3)26-29(21)14-16-9-11-17(12-10-16)18-7-5-6-8-19(18)22-24-27-28-25-22/h5-12,15H,4,13-14H2,1-3H3,(H,24,25,27,28). The maximum absolute atomic E-state index is 4.72. The molecule has 0 spiro atoms. The second-order valence-electron chi connectivity index (χ2n) is 7.53. The number of aromatic amines is 1. The molecule has 0 aliphatic heterocycles. The Morgan fingerprint density at radius 2 is 1.76 bits per heavy atom. The van der Waals surface area contributed by atoms with Gasteiger partial charge in [-0.25, -0.2) is 9.67 Å². The lowest BCUT2D eigenvalue weighted by Crippen LogP contribution is -2.06. The number of benzene rings is 2. The molecule has 0 bridgehead atoms. The summed E-state index contributed by atoms with van der Waals surface area (Å²) in [4.78, 5) is 4.70. The first-order valence-corrected chi connectivity index (χ1v) is 9.98. The molecule has 0 saturated heterocycles. The summed E-state index contributed by atoms with van der Waals surface area (Å²) in [6.45, 7) is 7.23. The van der Waals surface area contributed by atoms with Gasteiger partial charge in [0.05, 0.1) is 6.54 Å². The van der Waals surface area contributed by atoms with Crippen molar-refractivity contribution in [3.05, 3.63) is 65.7 Å². The molecule has 2 heterocycles. The summed E-state index contributed by atoms with van der Waals surface area (Å²) in [6, 6.07) is 16.6. The SMILES string of the molecule is CCc1nc(CC(C)C)nn1Cc1ccc(-c2ccccc2-c2nn[nH]n2)cc1. The molecule has 29 heavy (non-hydrogen) atoms. The molecule has 2 aromatic heterocycles. The van der Waals surface area contributed by atoms with Crippen LogP contribution in [0.15, 0.2) is 48.5 Å². The van der Waals surface area contributed by atoms with Crippen molar-refractivity contribution in [3.8, 4) is 22.5 Å². The molecule has 0 amide bonds. The van der Waals surface area contributed by atoms with Crippen LogP contribution in [0.1, 0.15) is 38.0 Å². The predicted octanol–water partition coefficient (Wildman–Crippen LogP) is 3.93. The van der Waals surface area contributed by atoms with Crippen LogP contribution >= 0.6 is 0 Å². The number of hydrogen-bond donors (Lipinski definition) is 1. The molecule has 7 nitrogen and oxygen atoms in total. The van der Waals surface area contributed by atoms with E-state index in [-0.39, 0.29) is 0 Å². The Bertz CT molecular complexity index is 1060. The van der Waals surface area contributed by atoms with Crippen LogP contribution in [0.3, 0.4) is 0 Å². The lowest BCUT2D eigenvalue weighted by molar-refractivity contribution is 0.598. The van der Waals surface area contributed by atoms with Gasteiger partial charge in [0.15, 0.2) is 5.82 Å². The van der Waals surface area contributed by atoms with Crippen molar-refractivity contribution < 1.29 is 0 Å². The Morgan fingerprint density at radius 1 is 1.00 bits per heavy atom. The Balaban J connectivity index is 1.58. The highest BCUT2D eigenvalue weighted by atomic mass is 15.5. The van der Waals surface area contributed by atoms with Crippen molar-refractivity contribution in [3.63, 3.8) is 0 Å². The average Bonchev–Trinajstić information content (AvgIpc) is 3.38. The first-order chi connectivity index (χ1) is 14.1. The molecule has 0 radical (unpaired) electrons. The van der Waals surface area contributed by atoms with E-state index >= 15 is 0 Å². The fraction of sp³-hybridized carbons (Fsp3) is 0.318. The van der Waals surface area contributed by atoms with Crippen LogP contribution < -0.4 is 0 Å². The van der Waals surface area contributed by atoms with Gasteiger partial charge in [-0.05, 0) is 27.8 Å². The molecule has 7 heteroatoms. The Morgan fingerprint density at radius 3 is 2.41 bits per heavy atom. The molecule has 0 aliphatic rings. The van der Waals surface area contributed by atoms with Crippen molar-refractivity contribution in [1.29, 1.82) is 0 Å². The lowest BCUT2D eigenvalue weighted by Gasteiger charge is -2.09. The van der Waals surface area contributed by atoms with E-state index in [1.165, 1.54) is 5.56 Å². The van der Waals surface area contributed by atoms with Crippen molar-refractivity contribution in [2.45, 2.75) is 40.2 Å². The van der Waals surface area contributed by atoms with Crippen LogP contribution in [-0.4, -0.2) is 35.4 Å². The molecule has 0 unspecified atom stereocenters. The van der Waals surface area contributed by atoms with Crippen molar-refractivity contribution in [1.82, 2.24) is 35.4 Å². The van der Waals surface area contributed by atoms with Gasteiger partial charge in [-0.15, -0.1) is 10.2 Å². The minimum absolute atomic E-state index is 0.550. The van der Waals surface area contributed by atoms with E-state index in [2.05, 4.69) is 71.7 Å². The van der Waals surface area contributed by atoms with E-state index < -0.39 is 0 Å². The second-order valence-corrected chi connectivity index (χ2v) is 7.53. The molecule has 0 saturated carbocycles. The Labute approximate surface area is 170 Å². The summed E-state index contributed by atoms with van der Waals surface area (Å²) in [5.41, 5.74) is 4.34. The molecule has 4 rings (SSSR count). The number of rotatable bonds is 7. The van der Waals surface area contributed by atoms with Crippen molar-refractivity contribution in [2.24, 2.45) is 5.92 Å². The van der Waals surface area contributed by atoms with Gasteiger partial charge in [-0.2, -0.15) is 10.3 Å². The topological polar surface area (TPSA) is 85.2 Å². The minimum Gasteiger partial charge on any atom is -0.245 e. The number of hydrogen-bond acceptors (Lipinski definition) is 5. The predicted molar refractivity (Wildman–Crippen MR) is 112 cm³/mol. The molecule has 0 atom stereocenters. The van der Waals surface area contributed by atoms with E-state index in [0.717, 1.165) is 47.7 Å². The van der Waals surface area contributed by atoms with Gasteiger partial charge in [0.25, 0.3) is 0 Å². The molecule has 1 N–H and O–H groups in total. The molecule has 2 aromatic carbocycles. The maximum Gasteiger partial charge on any atom is 0.205 e. The highest BCUT2D eigenvalue weighted by molar-refractivity contribution is 5.80. The number of nitrogens with one attached hydrogen (secondary N) is 1. The Hall–Kier alpha value is -3.35. The van der Waals surface area contributed by atoms with Crippen LogP contribution in [0.2, 0.25) is 0 Å². The van der Waals surface area contributed by atoms with Crippen LogP contribution in [0.25, 0.3) is 22.5 Å². The second kappa shape index (κ2) is 8.34. The zero-order chi connectivity index (χ0) is 20.2. The lowest BCUT2D eigenvalue weighted by atomic mass is 9.98. The van der Waals surface area contributed by atoms with E-state index in [9.17, 15) is 0 Å². The highest BCUT2D eigenvalue weighted by Gasteiger charge is 2.12. The van der Waals surface area contributed by atoms with E-state index in [0.29, 0.717) is 11.7 Å². The summed E-state index contributed by atoms with van der Waals surface area (Å²) in [6.07, 6.45) is 1.78. The number of tetrazole rings is 1. The minimum atomic E-state index is 0.550. The molecule has 4 aromatic rings. The van der Waals surface area contributed by atoms with Gasteiger partial charge in [0.1, 0.15) is 5.82 Å². The fourth-order valence-electron chi connectivity index (χ4n) is 3.43. The quantitative estimate of drug-likeness (QED) is 0.519. The Kier molecular flexibility index (Phi) is 5.46. The van der Waals surface area contributed by atoms with E-state index in [4.69, 9.17) is 10.1 Å².